The fraction of sp³-hybridized carbons (Fsp3) is 0.946. The average molecular weight is 1370 g/mol. The Morgan fingerprint density at radius 1 is 0.258 bits per heavy atom. The zero-order valence-electron chi connectivity index (χ0n) is 60.2. The SMILES string of the molecule is CCCCCCCCCCCCCCCCCCCCCCC(=O)O[C@H](COC(=O)CCCCCCCCCCCCCC)COP(=O)(O)OC[C@@H](O)COP(=O)(O)OC[C@@H](COC(=O)CCCCCCCCCCC)OC(=O)CCCCCCCCCCCCCC. The van der Waals surface area contributed by atoms with Crippen molar-refractivity contribution in [2.24, 2.45) is 0 Å². The van der Waals surface area contributed by atoms with Gasteiger partial charge in [0.15, 0.2) is 12.2 Å². The van der Waals surface area contributed by atoms with Gasteiger partial charge in [-0.3, -0.25) is 37.3 Å². The average Bonchev–Trinajstić information content (AvgIpc) is 2.11. The number of aliphatic hydroxyl groups excluding tert-OH is 1. The Hall–Kier alpha value is -1.94. The van der Waals surface area contributed by atoms with Gasteiger partial charge in [-0.25, -0.2) is 9.13 Å². The van der Waals surface area contributed by atoms with Crippen LogP contribution in [0.2, 0.25) is 0 Å². The molecule has 0 heterocycles. The minimum absolute atomic E-state index is 0.108. The van der Waals surface area contributed by atoms with Crippen molar-refractivity contribution in [3.63, 3.8) is 0 Å². The van der Waals surface area contributed by atoms with Crippen LogP contribution < -0.4 is 0 Å². The van der Waals surface area contributed by atoms with Crippen molar-refractivity contribution in [3.8, 4) is 0 Å². The second-order valence-corrected chi connectivity index (χ2v) is 29.6. The van der Waals surface area contributed by atoms with Crippen LogP contribution in [0.3, 0.4) is 0 Å². The van der Waals surface area contributed by atoms with Gasteiger partial charge in [-0.05, 0) is 25.7 Å². The molecule has 0 aliphatic carbocycles. The molecule has 0 amide bonds. The molecule has 17 nitrogen and oxygen atoms in total. The van der Waals surface area contributed by atoms with Gasteiger partial charge in [0.05, 0.1) is 26.4 Å². The van der Waals surface area contributed by atoms with Gasteiger partial charge >= 0.3 is 39.5 Å². The summed E-state index contributed by atoms with van der Waals surface area (Å²) in [5.41, 5.74) is 0. The summed E-state index contributed by atoms with van der Waals surface area (Å²) in [4.78, 5) is 72.6. The molecule has 0 bridgehead atoms. The second kappa shape index (κ2) is 68.6. The lowest BCUT2D eigenvalue weighted by atomic mass is 10.0. The maximum absolute atomic E-state index is 13.1. The first-order valence-corrected chi connectivity index (χ1v) is 41.8. The quantitative estimate of drug-likeness (QED) is 0.0222. The normalized spacial score (nSPS) is 13.9. The maximum Gasteiger partial charge on any atom is 0.472 e. The Morgan fingerprint density at radius 2 is 0.430 bits per heavy atom. The molecule has 0 radical (unpaired) electrons. The van der Waals surface area contributed by atoms with Crippen LogP contribution in [-0.4, -0.2) is 96.7 Å². The zero-order chi connectivity index (χ0) is 68.2. The highest BCUT2D eigenvalue weighted by Gasteiger charge is 2.30. The molecule has 552 valence electrons. The van der Waals surface area contributed by atoms with E-state index in [0.717, 1.165) is 89.9 Å². The molecule has 93 heavy (non-hydrogen) atoms. The van der Waals surface area contributed by atoms with Gasteiger partial charge in [0.25, 0.3) is 0 Å². The number of ether oxygens (including phenoxy) is 4. The lowest BCUT2D eigenvalue weighted by Crippen LogP contribution is -2.30. The summed E-state index contributed by atoms with van der Waals surface area (Å²) >= 11 is 0. The molecule has 0 saturated carbocycles. The van der Waals surface area contributed by atoms with Crippen molar-refractivity contribution in [2.45, 2.75) is 412 Å². The number of hydrogen-bond donors (Lipinski definition) is 3. The van der Waals surface area contributed by atoms with Crippen LogP contribution in [0, 0.1) is 0 Å². The Kier molecular flexibility index (Phi) is 67.1. The summed E-state index contributed by atoms with van der Waals surface area (Å²) in [7, 11) is -9.90. The van der Waals surface area contributed by atoms with E-state index in [9.17, 15) is 43.2 Å². The number of aliphatic hydroxyl groups is 1. The monoisotopic (exact) mass is 1370 g/mol. The van der Waals surface area contributed by atoms with Crippen molar-refractivity contribution in [1.29, 1.82) is 0 Å². The molecule has 0 rings (SSSR count). The van der Waals surface area contributed by atoms with Gasteiger partial charge in [-0.1, -0.05) is 342 Å². The number of rotatable bonds is 75. The van der Waals surface area contributed by atoms with Crippen molar-refractivity contribution < 1.29 is 80.2 Å². The predicted octanol–water partition coefficient (Wildman–Crippen LogP) is 21.8. The van der Waals surface area contributed by atoms with E-state index in [1.807, 2.05) is 0 Å². The van der Waals surface area contributed by atoms with Crippen LogP contribution in [0.5, 0.6) is 0 Å². The third kappa shape index (κ3) is 68.4. The molecular formula is C74H144O17P2. The van der Waals surface area contributed by atoms with Crippen molar-refractivity contribution in [3.05, 3.63) is 0 Å². The van der Waals surface area contributed by atoms with Crippen LogP contribution in [0.25, 0.3) is 0 Å². The standard InChI is InChI=1S/C74H144O17P2/c1-5-9-13-17-21-25-28-31-32-33-34-35-36-37-38-41-45-49-53-57-61-74(79)91-70(65-85-72(77)59-55-51-47-43-39-29-26-22-18-14-10-6-2)67-89-93(82,83)87-63-68(75)62-86-92(80,81)88-66-69(64-84-71(76)58-54-50-46-42-24-20-16-12-8-4)90-73(78)60-56-52-48-44-40-30-27-23-19-15-11-7-3/h68-70,75H,5-67H2,1-4H3,(H,80,81)(H,82,83)/t68-,69+,70+/m0/s1. The summed E-state index contributed by atoms with van der Waals surface area (Å²) in [6.07, 6.45) is 58.2. The molecule has 0 aromatic rings. The number of unbranched alkanes of at least 4 members (excludes halogenated alkanes) is 49. The van der Waals surface area contributed by atoms with E-state index in [0.29, 0.717) is 25.7 Å². The highest BCUT2D eigenvalue weighted by Crippen LogP contribution is 2.45. The first-order valence-electron chi connectivity index (χ1n) is 38.8. The van der Waals surface area contributed by atoms with Gasteiger partial charge in [0, 0.05) is 25.7 Å². The van der Waals surface area contributed by atoms with Crippen LogP contribution in [0.4, 0.5) is 0 Å². The van der Waals surface area contributed by atoms with Gasteiger partial charge in [-0.2, -0.15) is 0 Å². The van der Waals surface area contributed by atoms with E-state index >= 15 is 0 Å². The van der Waals surface area contributed by atoms with E-state index in [1.165, 1.54) is 225 Å². The number of hydrogen-bond acceptors (Lipinski definition) is 15. The summed E-state index contributed by atoms with van der Waals surface area (Å²) in [5, 5.41) is 10.6. The third-order valence-corrected chi connectivity index (χ3v) is 19.3. The molecule has 3 N–H and O–H groups in total. The number of esters is 4. The third-order valence-electron chi connectivity index (χ3n) is 17.4. The Balaban J connectivity index is 5.18. The van der Waals surface area contributed by atoms with Crippen molar-refractivity contribution in [1.82, 2.24) is 0 Å². The van der Waals surface area contributed by atoms with Crippen LogP contribution in [0.15, 0.2) is 0 Å². The van der Waals surface area contributed by atoms with E-state index in [2.05, 4.69) is 27.7 Å². The lowest BCUT2D eigenvalue weighted by Gasteiger charge is -2.21. The molecule has 0 saturated heterocycles. The predicted molar refractivity (Wildman–Crippen MR) is 377 cm³/mol. The number of phosphoric ester groups is 2. The largest absolute Gasteiger partial charge is 0.472 e. The zero-order valence-corrected chi connectivity index (χ0v) is 62.0. The molecule has 0 fully saturated rings. The molecule has 5 atom stereocenters. The van der Waals surface area contributed by atoms with Crippen LogP contribution in [0.1, 0.15) is 394 Å². The lowest BCUT2D eigenvalue weighted by molar-refractivity contribution is -0.161. The molecule has 0 aromatic carbocycles. The number of carbonyl (C=O) groups excluding carboxylic acids is 4. The number of carbonyl (C=O) groups is 4. The van der Waals surface area contributed by atoms with E-state index < -0.39 is 97.5 Å². The molecule has 19 heteroatoms. The summed E-state index contributed by atoms with van der Waals surface area (Å²) in [6.45, 7) is 4.96. The summed E-state index contributed by atoms with van der Waals surface area (Å²) < 4.78 is 68.4. The molecule has 0 aliphatic rings. The molecule has 0 aromatic heterocycles. The minimum Gasteiger partial charge on any atom is -0.462 e. The molecule has 0 spiro atoms. The first-order chi connectivity index (χ1) is 45.2. The number of phosphoric acid groups is 2. The van der Waals surface area contributed by atoms with Crippen molar-refractivity contribution in [2.75, 3.05) is 39.6 Å². The van der Waals surface area contributed by atoms with E-state index in [1.54, 1.807) is 0 Å². The summed E-state index contributed by atoms with van der Waals surface area (Å²) in [6, 6.07) is 0. The molecule has 2 unspecified atom stereocenters. The van der Waals surface area contributed by atoms with Crippen LogP contribution in [-0.2, 0) is 65.4 Å². The highest BCUT2D eigenvalue weighted by molar-refractivity contribution is 7.47. The van der Waals surface area contributed by atoms with E-state index in [-0.39, 0.29) is 25.7 Å². The Morgan fingerprint density at radius 3 is 0.634 bits per heavy atom. The van der Waals surface area contributed by atoms with Gasteiger partial charge in [0.1, 0.15) is 19.3 Å². The summed E-state index contributed by atoms with van der Waals surface area (Å²) in [5.74, 6) is -2.12. The second-order valence-electron chi connectivity index (χ2n) is 26.7. The fourth-order valence-electron chi connectivity index (χ4n) is 11.4. The molecular weight excluding hydrogens is 1220 g/mol. The first kappa shape index (κ1) is 91.1. The fourth-order valence-corrected chi connectivity index (χ4v) is 13.0. The minimum atomic E-state index is -4.95. The van der Waals surface area contributed by atoms with Crippen LogP contribution >= 0.6 is 15.6 Å². The smallest absolute Gasteiger partial charge is 0.462 e. The highest BCUT2D eigenvalue weighted by atomic mass is 31.2. The molecule has 0 aliphatic heterocycles. The Labute approximate surface area is 568 Å². The topological polar surface area (TPSA) is 237 Å². The maximum atomic E-state index is 13.1. The van der Waals surface area contributed by atoms with Gasteiger partial charge in [-0.15, -0.1) is 0 Å². The Bertz CT molecular complexity index is 1770. The van der Waals surface area contributed by atoms with Gasteiger partial charge in [0.2, 0.25) is 0 Å². The van der Waals surface area contributed by atoms with E-state index in [4.69, 9.17) is 37.0 Å². The van der Waals surface area contributed by atoms with Gasteiger partial charge < -0.3 is 33.8 Å². The van der Waals surface area contributed by atoms with Crippen molar-refractivity contribution >= 4 is 39.5 Å².